The SMILES string of the molecule is Cc1cc(F)cc(C(N)c2cc(C)oc2C)c1. The second kappa shape index (κ2) is 4.34. The normalized spacial score (nSPS) is 12.8. The molecule has 0 aliphatic carbocycles. The average Bonchev–Trinajstić information content (AvgIpc) is 2.55. The first kappa shape index (κ1) is 11.9. The van der Waals surface area contributed by atoms with Crippen molar-refractivity contribution in [1.29, 1.82) is 0 Å². The standard InChI is InChI=1S/C14H16FNO/c1-8-4-11(7-12(15)5-8)14(16)13-6-9(2)17-10(13)3/h4-7,14H,16H2,1-3H3. The number of hydrogen-bond acceptors (Lipinski definition) is 2. The lowest BCUT2D eigenvalue weighted by Crippen LogP contribution is -2.12. The van der Waals surface area contributed by atoms with E-state index in [2.05, 4.69) is 0 Å². The number of halogens is 1. The summed E-state index contributed by atoms with van der Waals surface area (Å²) in [5.41, 5.74) is 8.69. The molecule has 1 heterocycles. The van der Waals surface area contributed by atoms with Crippen molar-refractivity contribution < 1.29 is 8.81 Å². The van der Waals surface area contributed by atoms with Gasteiger partial charge in [0.1, 0.15) is 17.3 Å². The number of rotatable bonds is 2. The lowest BCUT2D eigenvalue weighted by Gasteiger charge is -2.12. The van der Waals surface area contributed by atoms with Crippen molar-refractivity contribution in [3.8, 4) is 0 Å². The molecule has 0 spiro atoms. The summed E-state index contributed by atoms with van der Waals surface area (Å²) in [4.78, 5) is 0. The fraction of sp³-hybridized carbons (Fsp3) is 0.286. The summed E-state index contributed by atoms with van der Waals surface area (Å²) in [6.07, 6.45) is 0. The van der Waals surface area contributed by atoms with Crippen LogP contribution in [-0.4, -0.2) is 0 Å². The Morgan fingerprint density at radius 3 is 2.35 bits per heavy atom. The zero-order chi connectivity index (χ0) is 12.6. The Morgan fingerprint density at radius 2 is 1.82 bits per heavy atom. The molecular weight excluding hydrogens is 217 g/mol. The van der Waals surface area contributed by atoms with Crippen LogP contribution in [0.15, 0.2) is 28.7 Å². The monoisotopic (exact) mass is 233 g/mol. The van der Waals surface area contributed by atoms with Crippen molar-refractivity contribution in [2.24, 2.45) is 5.73 Å². The van der Waals surface area contributed by atoms with E-state index in [1.807, 2.05) is 32.9 Å². The van der Waals surface area contributed by atoms with E-state index in [1.54, 1.807) is 0 Å². The predicted molar refractivity (Wildman–Crippen MR) is 65.3 cm³/mol. The van der Waals surface area contributed by atoms with E-state index in [-0.39, 0.29) is 11.9 Å². The van der Waals surface area contributed by atoms with Gasteiger partial charge in [-0.25, -0.2) is 4.39 Å². The highest BCUT2D eigenvalue weighted by molar-refractivity contribution is 5.36. The van der Waals surface area contributed by atoms with Crippen molar-refractivity contribution >= 4 is 0 Å². The molecule has 0 bridgehead atoms. The van der Waals surface area contributed by atoms with Gasteiger partial charge in [0.2, 0.25) is 0 Å². The summed E-state index contributed by atoms with van der Waals surface area (Å²) in [7, 11) is 0. The van der Waals surface area contributed by atoms with Gasteiger partial charge < -0.3 is 10.2 Å². The predicted octanol–water partition coefficient (Wildman–Crippen LogP) is 3.39. The van der Waals surface area contributed by atoms with Crippen LogP contribution < -0.4 is 5.73 Å². The number of nitrogens with two attached hydrogens (primary N) is 1. The second-order valence-corrected chi connectivity index (χ2v) is 4.41. The first-order chi connectivity index (χ1) is 7.97. The molecule has 0 aliphatic rings. The maximum Gasteiger partial charge on any atom is 0.123 e. The van der Waals surface area contributed by atoms with Gasteiger partial charge in [0.25, 0.3) is 0 Å². The first-order valence-electron chi connectivity index (χ1n) is 5.57. The topological polar surface area (TPSA) is 39.2 Å². The summed E-state index contributed by atoms with van der Waals surface area (Å²) in [6, 6.07) is 6.42. The molecule has 2 aromatic rings. The Hall–Kier alpha value is -1.61. The van der Waals surface area contributed by atoms with Crippen molar-refractivity contribution in [2.75, 3.05) is 0 Å². The smallest absolute Gasteiger partial charge is 0.123 e. The van der Waals surface area contributed by atoms with E-state index < -0.39 is 0 Å². The van der Waals surface area contributed by atoms with Crippen molar-refractivity contribution in [3.63, 3.8) is 0 Å². The lowest BCUT2D eigenvalue weighted by atomic mass is 9.98. The summed E-state index contributed by atoms with van der Waals surface area (Å²) in [6.45, 7) is 5.60. The summed E-state index contributed by atoms with van der Waals surface area (Å²) in [5, 5.41) is 0. The van der Waals surface area contributed by atoms with E-state index in [9.17, 15) is 4.39 Å². The van der Waals surface area contributed by atoms with E-state index >= 15 is 0 Å². The molecule has 0 saturated carbocycles. The summed E-state index contributed by atoms with van der Waals surface area (Å²) >= 11 is 0. The largest absolute Gasteiger partial charge is 0.466 e. The number of aryl methyl sites for hydroxylation is 3. The van der Waals surface area contributed by atoms with Crippen molar-refractivity contribution in [3.05, 3.63) is 58.3 Å². The minimum Gasteiger partial charge on any atom is -0.466 e. The Morgan fingerprint density at radius 1 is 1.12 bits per heavy atom. The van der Waals surface area contributed by atoms with Gasteiger partial charge in [-0.2, -0.15) is 0 Å². The van der Waals surface area contributed by atoms with Crippen LogP contribution in [0, 0.1) is 26.6 Å². The highest BCUT2D eigenvalue weighted by Gasteiger charge is 2.16. The van der Waals surface area contributed by atoms with E-state index in [0.717, 1.165) is 28.2 Å². The van der Waals surface area contributed by atoms with Crippen LogP contribution in [0.3, 0.4) is 0 Å². The molecule has 17 heavy (non-hydrogen) atoms. The van der Waals surface area contributed by atoms with E-state index in [4.69, 9.17) is 10.2 Å². The molecule has 1 unspecified atom stereocenters. The van der Waals surface area contributed by atoms with E-state index in [0.29, 0.717) is 0 Å². The van der Waals surface area contributed by atoms with Crippen LogP contribution in [0.25, 0.3) is 0 Å². The fourth-order valence-corrected chi connectivity index (χ4v) is 2.08. The molecule has 90 valence electrons. The highest BCUT2D eigenvalue weighted by atomic mass is 19.1. The quantitative estimate of drug-likeness (QED) is 0.863. The first-order valence-corrected chi connectivity index (χ1v) is 5.57. The van der Waals surface area contributed by atoms with Crippen LogP contribution in [0.2, 0.25) is 0 Å². The van der Waals surface area contributed by atoms with Crippen molar-refractivity contribution in [1.82, 2.24) is 0 Å². The zero-order valence-corrected chi connectivity index (χ0v) is 10.3. The Bertz CT molecular complexity index is 525. The number of hydrogen-bond donors (Lipinski definition) is 1. The lowest BCUT2D eigenvalue weighted by molar-refractivity contribution is 0.499. The molecule has 2 nitrogen and oxygen atoms in total. The molecule has 0 aliphatic heterocycles. The van der Waals surface area contributed by atoms with Crippen LogP contribution in [0.1, 0.15) is 34.3 Å². The molecule has 0 amide bonds. The third-order valence-electron chi connectivity index (χ3n) is 2.84. The van der Waals surface area contributed by atoms with Gasteiger partial charge in [-0.05, 0) is 50.1 Å². The van der Waals surface area contributed by atoms with Gasteiger partial charge in [-0.15, -0.1) is 0 Å². The maximum atomic E-state index is 13.3. The molecule has 3 heteroatoms. The third kappa shape index (κ3) is 2.39. The summed E-state index contributed by atoms with van der Waals surface area (Å²) in [5.74, 6) is 1.35. The van der Waals surface area contributed by atoms with Gasteiger partial charge in [0.15, 0.2) is 0 Å². The molecule has 0 saturated heterocycles. The van der Waals surface area contributed by atoms with Crippen LogP contribution in [0.4, 0.5) is 4.39 Å². The van der Waals surface area contributed by atoms with Gasteiger partial charge in [0.05, 0.1) is 6.04 Å². The van der Waals surface area contributed by atoms with Gasteiger partial charge in [0, 0.05) is 5.56 Å². The fourth-order valence-electron chi connectivity index (χ4n) is 2.08. The van der Waals surface area contributed by atoms with Gasteiger partial charge in [-0.1, -0.05) is 6.07 Å². The van der Waals surface area contributed by atoms with Gasteiger partial charge in [-0.3, -0.25) is 0 Å². The summed E-state index contributed by atoms with van der Waals surface area (Å²) < 4.78 is 18.8. The second-order valence-electron chi connectivity index (χ2n) is 4.41. The minimum atomic E-state index is -0.346. The van der Waals surface area contributed by atoms with Gasteiger partial charge >= 0.3 is 0 Å². The molecule has 1 aromatic heterocycles. The third-order valence-corrected chi connectivity index (χ3v) is 2.84. The Kier molecular flexibility index (Phi) is 3.03. The molecular formula is C14H16FNO. The van der Waals surface area contributed by atoms with Crippen LogP contribution in [-0.2, 0) is 0 Å². The Labute approximate surface area is 100 Å². The number of furan rings is 1. The molecule has 0 radical (unpaired) electrons. The van der Waals surface area contributed by atoms with E-state index in [1.165, 1.54) is 12.1 Å². The van der Waals surface area contributed by atoms with Crippen molar-refractivity contribution in [2.45, 2.75) is 26.8 Å². The van der Waals surface area contributed by atoms with Crippen LogP contribution >= 0.6 is 0 Å². The molecule has 1 atom stereocenters. The highest BCUT2D eigenvalue weighted by Crippen LogP contribution is 2.26. The number of benzene rings is 1. The molecule has 2 N–H and O–H groups in total. The Balaban J connectivity index is 2.43. The molecule has 2 rings (SSSR count). The molecule has 1 aromatic carbocycles. The maximum absolute atomic E-state index is 13.3. The average molecular weight is 233 g/mol. The molecule has 0 fully saturated rings. The minimum absolute atomic E-state index is 0.256. The van der Waals surface area contributed by atoms with Crippen LogP contribution in [0.5, 0.6) is 0 Å². The zero-order valence-electron chi connectivity index (χ0n) is 10.3.